The molecule has 1 aromatic rings. The molecule has 2 nitrogen and oxygen atoms in total. The molecule has 1 fully saturated rings. The lowest BCUT2D eigenvalue weighted by molar-refractivity contribution is 0.474. The van der Waals surface area contributed by atoms with Gasteiger partial charge in [-0.25, -0.2) is 0 Å². The number of nitrogens with two attached hydrogens (primary N) is 1. The van der Waals surface area contributed by atoms with E-state index >= 15 is 0 Å². The number of thioether (sulfide) groups is 1. The molecule has 3 heteroatoms. The molecule has 3 N–H and O–H groups in total. The van der Waals surface area contributed by atoms with Gasteiger partial charge in [0, 0.05) is 16.2 Å². The second kappa shape index (κ2) is 4.24. The number of hydrogen-bond acceptors (Lipinski definition) is 3. The molecule has 0 saturated heterocycles. The van der Waals surface area contributed by atoms with E-state index in [2.05, 4.69) is 0 Å². The van der Waals surface area contributed by atoms with Gasteiger partial charge in [0.05, 0.1) is 0 Å². The van der Waals surface area contributed by atoms with E-state index in [1.54, 1.807) is 23.9 Å². The number of aromatic hydroxyl groups is 1. The smallest absolute Gasteiger partial charge is 0.116 e. The molecule has 0 heterocycles. The molecule has 2 unspecified atom stereocenters. The van der Waals surface area contributed by atoms with E-state index in [9.17, 15) is 5.11 Å². The molecule has 1 saturated carbocycles. The van der Waals surface area contributed by atoms with Crippen LogP contribution in [-0.4, -0.2) is 16.4 Å². The van der Waals surface area contributed by atoms with Gasteiger partial charge in [0.15, 0.2) is 0 Å². The van der Waals surface area contributed by atoms with Crippen LogP contribution in [-0.2, 0) is 0 Å². The van der Waals surface area contributed by atoms with Crippen LogP contribution >= 0.6 is 11.8 Å². The minimum absolute atomic E-state index is 0.322. The molecule has 1 aromatic carbocycles. The fourth-order valence-corrected chi connectivity index (χ4v) is 3.12. The molecule has 0 aliphatic heterocycles. The summed E-state index contributed by atoms with van der Waals surface area (Å²) in [5.41, 5.74) is 5.98. The summed E-state index contributed by atoms with van der Waals surface area (Å²) in [5, 5.41) is 9.83. The molecule has 2 rings (SSSR count). The lowest BCUT2D eigenvalue weighted by Crippen LogP contribution is -2.26. The summed E-state index contributed by atoms with van der Waals surface area (Å²) >= 11 is 1.79. The Kier molecular flexibility index (Phi) is 2.99. The molecule has 1 aliphatic rings. The highest BCUT2D eigenvalue weighted by molar-refractivity contribution is 8.00. The summed E-state index contributed by atoms with van der Waals surface area (Å²) in [6, 6.07) is 7.71. The van der Waals surface area contributed by atoms with Gasteiger partial charge in [0.2, 0.25) is 0 Å². The third-order valence-corrected chi connectivity index (χ3v) is 4.02. The van der Waals surface area contributed by atoms with Crippen molar-refractivity contribution in [1.82, 2.24) is 0 Å². The number of phenols is 1. The zero-order valence-electron chi connectivity index (χ0n) is 8.02. The van der Waals surface area contributed by atoms with Crippen LogP contribution in [0.15, 0.2) is 29.2 Å². The lowest BCUT2D eigenvalue weighted by Gasteiger charge is -2.14. The van der Waals surface area contributed by atoms with Crippen LogP contribution in [0.5, 0.6) is 5.75 Å². The van der Waals surface area contributed by atoms with Gasteiger partial charge < -0.3 is 10.8 Å². The largest absolute Gasteiger partial charge is 0.508 e. The van der Waals surface area contributed by atoms with E-state index in [1.807, 2.05) is 12.1 Å². The van der Waals surface area contributed by atoms with Crippen LogP contribution < -0.4 is 5.73 Å². The molecule has 1 aliphatic carbocycles. The average molecular weight is 209 g/mol. The van der Waals surface area contributed by atoms with E-state index < -0.39 is 0 Å². The highest BCUT2D eigenvalue weighted by Gasteiger charge is 2.24. The Labute approximate surface area is 88.5 Å². The second-order valence-corrected chi connectivity index (χ2v) is 5.06. The standard InChI is InChI=1S/C11H15NOS/c12-10-5-2-6-11(10)14-9-4-1-3-8(13)7-9/h1,3-4,7,10-11,13H,2,5-6,12H2. The Hall–Kier alpha value is -0.670. The first-order valence-electron chi connectivity index (χ1n) is 4.97. The Bertz CT molecular complexity index is 316. The van der Waals surface area contributed by atoms with Gasteiger partial charge in [-0.15, -0.1) is 11.8 Å². The molecule has 0 bridgehead atoms. The fourth-order valence-electron chi connectivity index (χ4n) is 1.83. The summed E-state index contributed by atoms with van der Waals surface area (Å²) < 4.78 is 0. The normalized spacial score (nSPS) is 26.6. The SMILES string of the molecule is NC1CCCC1Sc1cccc(O)c1. The van der Waals surface area contributed by atoms with Crippen molar-refractivity contribution in [3.63, 3.8) is 0 Å². The van der Waals surface area contributed by atoms with Gasteiger partial charge in [-0.2, -0.15) is 0 Å². The van der Waals surface area contributed by atoms with Crippen LogP contribution in [0.1, 0.15) is 19.3 Å². The second-order valence-electron chi connectivity index (χ2n) is 3.75. The fraction of sp³-hybridized carbons (Fsp3) is 0.455. The Morgan fingerprint density at radius 2 is 2.21 bits per heavy atom. The van der Waals surface area contributed by atoms with Crippen LogP contribution in [0.4, 0.5) is 0 Å². The maximum Gasteiger partial charge on any atom is 0.116 e. The minimum atomic E-state index is 0.322. The van der Waals surface area contributed by atoms with Gasteiger partial charge in [-0.05, 0) is 31.0 Å². The number of benzene rings is 1. The van der Waals surface area contributed by atoms with Crippen molar-refractivity contribution in [1.29, 1.82) is 0 Å². The molecule has 76 valence electrons. The molecule has 0 aromatic heterocycles. The van der Waals surface area contributed by atoms with Crippen molar-refractivity contribution in [2.24, 2.45) is 5.73 Å². The third-order valence-electron chi connectivity index (χ3n) is 2.61. The summed E-state index contributed by atoms with van der Waals surface area (Å²) in [4.78, 5) is 1.12. The predicted octanol–water partition coefficient (Wildman–Crippen LogP) is 2.36. The van der Waals surface area contributed by atoms with Crippen molar-refractivity contribution in [2.45, 2.75) is 35.4 Å². The van der Waals surface area contributed by atoms with Crippen LogP contribution in [0.25, 0.3) is 0 Å². The van der Waals surface area contributed by atoms with Crippen molar-refractivity contribution in [2.75, 3.05) is 0 Å². The van der Waals surface area contributed by atoms with Crippen molar-refractivity contribution >= 4 is 11.8 Å². The highest BCUT2D eigenvalue weighted by atomic mass is 32.2. The monoisotopic (exact) mass is 209 g/mol. The van der Waals surface area contributed by atoms with Crippen molar-refractivity contribution in [3.8, 4) is 5.75 Å². The van der Waals surface area contributed by atoms with Crippen LogP contribution in [0.2, 0.25) is 0 Å². The van der Waals surface area contributed by atoms with E-state index in [-0.39, 0.29) is 0 Å². The van der Waals surface area contributed by atoms with E-state index in [0.29, 0.717) is 17.0 Å². The molecular formula is C11H15NOS. The first kappa shape index (κ1) is 9.87. The summed E-state index contributed by atoms with van der Waals surface area (Å²) in [7, 11) is 0. The molecule has 0 spiro atoms. The summed E-state index contributed by atoms with van der Waals surface area (Å²) in [6.45, 7) is 0. The van der Waals surface area contributed by atoms with E-state index in [1.165, 1.54) is 12.8 Å². The molecule has 14 heavy (non-hydrogen) atoms. The predicted molar refractivity (Wildman–Crippen MR) is 59.6 cm³/mol. The van der Waals surface area contributed by atoms with Gasteiger partial charge >= 0.3 is 0 Å². The third kappa shape index (κ3) is 2.22. The zero-order valence-corrected chi connectivity index (χ0v) is 8.83. The number of phenolic OH excluding ortho intramolecular Hbond substituents is 1. The molecular weight excluding hydrogens is 194 g/mol. The van der Waals surface area contributed by atoms with Gasteiger partial charge in [-0.3, -0.25) is 0 Å². The minimum Gasteiger partial charge on any atom is -0.508 e. The summed E-state index contributed by atoms with van der Waals surface area (Å²) in [5.74, 6) is 0.335. The first-order chi connectivity index (χ1) is 6.75. The quantitative estimate of drug-likeness (QED) is 0.786. The van der Waals surface area contributed by atoms with Crippen molar-refractivity contribution < 1.29 is 5.11 Å². The number of hydrogen-bond donors (Lipinski definition) is 2. The maximum absolute atomic E-state index is 9.31. The molecule has 0 radical (unpaired) electrons. The maximum atomic E-state index is 9.31. The van der Waals surface area contributed by atoms with Gasteiger partial charge in [0.25, 0.3) is 0 Å². The topological polar surface area (TPSA) is 46.2 Å². The van der Waals surface area contributed by atoms with Crippen LogP contribution in [0, 0.1) is 0 Å². The van der Waals surface area contributed by atoms with E-state index in [4.69, 9.17) is 5.73 Å². The molecule has 2 atom stereocenters. The van der Waals surface area contributed by atoms with Crippen LogP contribution in [0.3, 0.4) is 0 Å². The highest BCUT2D eigenvalue weighted by Crippen LogP contribution is 2.34. The zero-order chi connectivity index (χ0) is 9.97. The van der Waals surface area contributed by atoms with Gasteiger partial charge in [0.1, 0.15) is 5.75 Å². The number of rotatable bonds is 2. The van der Waals surface area contributed by atoms with Gasteiger partial charge in [-0.1, -0.05) is 12.5 Å². The van der Waals surface area contributed by atoms with Crippen molar-refractivity contribution in [3.05, 3.63) is 24.3 Å². The molecule has 0 amide bonds. The Morgan fingerprint density at radius 3 is 2.86 bits per heavy atom. The average Bonchev–Trinajstić information content (AvgIpc) is 2.52. The first-order valence-corrected chi connectivity index (χ1v) is 5.85. The Morgan fingerprint density at radius 1 is 1.36 bits per heavy atom. The lowest BCUT2D eigenvalue weighted by atomic mass is 10.3. The van der Waals surface area contributed by atoms with E-state index in [0.717, 1.165) is 11.3 Å². The summed E-state index contributed by atoms with van der Waals surface area (Å²) in [6.07, 6.45) is 3.57. The Balaban J connectivity index is 2.03.